The van der Waals surface area contributed by atoms with Gasteiger partial charge in [0, 0.05) is 29.4 Å². The van der Waals surface area contributed by atoms with Gasteiger partial charge in [0.2, 0.25) is 5.88 Å². The number of benzene rings is 1. The van der Waals surface area contributed by atoms with E-state index in [1.165, 1.54) is 18.5 Å². The van der Waals surface area contributed by atoms with Gasteiger partial charge in [0.15, 0.2) is 5.65 Å². The van der Waals surface area contributed by atoms with Gasteiger partial charge in [-0.25, -0.2) is 19.2 Å². The first-order valence-corrected chi connectivity index (χ1v) is 11.3. The molecule has 1 fully saturated rings. The number of nitrogens with one attached hydrogen (secondary N) is 2. The molecule has 2 amide bonds. The molecule has 180 valence electrons. The van der Waals surface area contributed by atoms with Gasteiger partial charge < -0.3 is 15.6 Å². The van der Waals surface area contributed by atoms with Crippen molar-refractivity contribution in [2.45, 2.75) is 25.2 Å². The molecule has 0 bridgehead atoms. The number of carbonyl (C=O) groups excluding carboxylic acids is 1. The van der Waals surface area contributed by atoms with Crippen molar-refractivity contribution in [3.63, 3.8) is 0 Å². The first-order valence-electron chi connectivity index (χ1n) is 11.3. The first-order chi connectivity index (χ1) is 17.4. The van der Waals surface area contributed by atoms with Gasteiger partial charge in [0.05, 0.1) is 28.7 Å². The number of nitrogens with zero attached hydrogens (tertiary/aromatic N) is 5. The van der Waals surface area contributed by atoms with Crippen molar-refractivity contribution in [2.24, 2.45) is 0 Å². The monoisotopic (exact) mass is 484 g/mol. The molecule has 1 aliphatic rings. The van der Waals surface area contributed by atoms with Crippen LogP contribution in [0.25, 0.3) is 27.8 Å². The smallest absolute Gasteiger partial charge is 0.326 e. The highest BCUT2D eigenvalue weighted by Gasteiger charge is 2.42. The molecule has 0 spiro atoms. The van der Waals surface area contributed by atoms with Crippen LogP contribution < -0.4 is 16.4 Å². The van der Waals surface area contributed by atoms with Gasteiger partial charge in [-0.2, -0.15) is 0 Å². The van der Waals surface area contributed by atoms with Crippen molar-refractivity contribution in [2.75, 3.05) is 16.4 Å². The summed E-state index contributed by atoms with van der Waals surface area (Å²) in [6, 6.07) is 9.23. The summed E-state index contributed by atoms with van der Waals surface area (Å²) in [6.07, 6.45) is 8.61. The molecule has 4 aromatic heterocycles. The van der Waals surface area contributed by atoms with Crippen LogP contribution in [0.2, 0.25) is 0 Å². The number of hydrogen-bond donors (Lipinski definition) is 3. The molecule has 0 aliphatic heterocycles. The van der Waals surface area contributed by atoms with Crippen molar-refractivity contribution in [3.05, 3.63) is 72.8 Å². The van der Waals surface area contributed by atoms with Crippen molar-refractivity contribution < 1.29 is 13.7 Å². The van der Waals surface area contributed by atoms with Gasteiger partial charge in [-0.15, -0.1) is 0 Å². The molecule has 0 radical (unpaired) electrons. The molecule has 0 saturated heterocycles. The topological polar surface area (TPSA) is 137 Å². The molecule has 6 rings (SSSR count). The van der Waals surface area contributed by atoms with Gasteiger partial charge in [-0.05, 0) is 42.7 Å². The number of nitrogen functional groups attached to an aromatic ring is 1. The number of pyridine rings is 1. The second kappa shape index (κ2) is 8.15. The number of anilines is 3. The molecular formula is C25H21FN8O2. The van der Waals surface area contributed by atoms with Crippen molar-refractivity contribution in [3.8, 4) is 16.8 Å². The van der Waals surface area contributed by atoms with Crippen LogP contribution in [-0.2, 0) is 5.41 Å². The zero-order valence-corrected chi connectivity index (χ0v) is 19.2. The Morgan fingerprint density at radius 3 is 2.81 bits per heavy atom. The molecule has 11 heteroatoms. The highest BCUT2D eigenvalue weighted by Crippen LogP contribution is 2.47. The van der Waals surface area contributed by atoms with E-state index in [4.69, 9.17) is 10.3 Å². The number of amides is 2. The average Bonchev–Trinajstić information content (AvgIpc) is 3.27. The summed E-state index contributed by atoms with van der Waals surface area (Å²) in [5, 5.41) is 9.65. The van der Waals surface area contributed by atoms with Crippen LogP contribution in [0.1, 0.15) is 25.5 Å². The number of halogens is 1. The third-order valence-corrected chi connectivity index (χ3v) is 6.43. The molecule has 1 aliphatic carbocycles. The average molecular weight is 484 g/mol. The Bertz CT molecular complexity index is 1610. The number of fused-ring (bicyclic) bond motifs is 1. The SMILES string of the molecule is CC1(c2cc(NC(=O)Nc3ccc(-c4cn(-c5cccnc5)c5ncnc(N)c45)cc3F)on2)CC1. The normalized spacial score (nSPS) is 14.1. The zero-order valence-electron chi connectivity index (χ0n) is 19.2. The van der Waals surface area contributed by atoms with Crippen LogP contribution >= 0.6 is 0 Å². The number of rotatable bonds is 5. The van der Waals surface area contributed by atoms with Crippen molar-refractivity contribution >= 4 is 34.5 Å². The Kier molecular flexibility index (Phi) is 4.92. The number of hydrogen-bond acceptors (Lipinski definition) is 7. The molecular weight excluding hydrogens is 463 g/mol. The van der Waals surface area contributed by atoms with Crippen molar-refractivity contribution in [1.82, 2.24) is 24.7 Å². The number of nitrogens with two attached hydrogens (primary N) is 1. The molecule has 36 heavy (non-hydrogen) atoms. The summed E-state index contributed by atoms with van der Waals surface area (Å²) in [5.74, 6) is -0.151. The van der Waals surface area contributed by atoms with Crippen LogP contribution in [0.3, 0.4) is 0 Å². The molecule has 1 aromatic carbocycles. The summed E-state index contributed by atoms with van der Waals surface area (Å²) in [4.78, 5) is 25.1. The van der Waals surface area contributed by atoms with E-state index in [-0.39, 0.29) is 22.8 Å². The summed E-state index contributed by atoms with van der Waals surface area (Å²) >= 11 is 0. The fourth-order valence-corrected chi connectivity index (χ4v) is 4.11. The van der Waals surface area contributed by atoms with Crippen LogP contribution in [0.4, 0.5) is 26.6 Å². The molecule has 0 unspecified atom stereocenters. The maximum absolute atomic E-state index is 15.1. The van der Waals surface area contributed by atoms with Crippen molar-refractivity contribution in [1.29, 1.82) is 0 Å². The maximum Gasteiger partial charge on any atom is 0.326 e. The van der Waals surface area contributed by atoms with Crippen LogP contribution in [0.5, 0.6) is 0 Å². The number of carbonyl (C=O) groups is 1. The van der Waals surface area contributed by atoms with E-state index in [0.717, 1.165) is 24.2 Å². The van der Waals surface area contributed by atoms with E-state index in [9.17, 15) is 4.79 Å². The third kappa shape index (κ3) is 3.80. The Morgan fingerprint density at radius 2 is 2.06 bits per heavy atom. The lowest BCUT2D eigenvalue weighted by atomic mass is 10.1. The van der Waals surface area contributed by atoms with Gasteiger partial charge in [-0.1, -0.05) is 18.1 Å². The highest BCUT2D eigenvalue weighted by atomic mass is 19.1. The Morgan fingerprint density at radius 1 is 1.19 bits per heavy atom. The summed E-state index contributed by atoms with van der Waals surface area (Å²) in [5.41, 5.74) is 9.51. The van der Waals surface area contributed by atoms with E-state index >= 15 is 4.39 Å². The molecule has 5 aromatic rings. The predicted octanol–water partition coefficient (Wildman–Crippen LogP) is 4.89. The highest BCUT2D eigenvalue weighted by molar-refractivity contribution is 6.02. The van der Waals surface area contributed by atoms with E-state index in [2.05, 4.69) is 37.7 Å². The summed E-state index contributed by atoms with van der Waals surface area (Å²) < 4.78 is 22.1. The van der Waals surface area contributed by atoms with Crippen LogP contribution in [0, 0.1) is 5.82 Å². The quantitative estimate of drug-likeness (QED) is 0.323. The molecule has 0 atom stereocenters. The molecule has 10 nitrogen and oxygen atoms in total. The van der Waals surface area contributed by atoms with E-state index < -0.39 is 11.8 Å². The van der Waals surface area contributed by atoms with Gasteiger partial charge >= 0.3 is 6.03 Å². The van der Waals surface area contributed by atoms with E-state index in [1.807, 2.05) is 22.9 Å². The lowest BCUT2D eigenvalue weighted by Crippen LogP contribution is -2.19. The standard InChI is InChI=1S/C25H21FN8O2/c1-25(6-7-25)19-10-20(36-33-19)32-24(35)31-18-5-4-14(9-17(18)26)16-12-34(15-3-2-8-28-11-15)23-21(16)22(27)29-13-30-23/h2-5,8-13H,6-7H2,1H3,(H2,27,29,30)(H2,31,32,35). The molecule has 1 saturated carbocycles. The van der Waals surface area contributed by atoms with Crippen LogP contribution in [-0.4, -0.2) is 30.7 Å². The second-order valence-electron chi connectivity index (χ2n) is 8.99. The van der Waals surface area contributed by atoms with E-state index in [1.54, 1.807) is 24.5 Å². The van der Waals surface area contributed by atoms with Gasteiger partial charge in [0.25, 0.3) is 0 Å². The van der Waals surface area contributed by atoms with Gasteiger partial charge in [0.1, 0.15) is 18.0 Å². The Hall–Kier alpha value is -4.80. The summed E-state index contributed by atoms with van der Waals surface area (Å²) in [6.45, 7) is 2.08. The Balaban J connectivity index is 1.27. The minimum atomic E-state index is -0.642. The first kappa shape index (κ1) is 21.7. The number of urea groups is 1. The summed E-state index contributed by atoms with van der Waals surface area (Å²) in [7, 11) is 0. The third-order valence-electron chi connectivity index (χ3n) is 6.43. The van der Waals surface area contributed by atoms with Crippen LogP contribution in [0.15, 0.2) is 65.8 Å². The number of aromatic nitrogens is 5. The molecule has 4 heterocycles. The van der Waals surface area contributed by atoms with E-state index in [0.29, 0.717) is 22.2 Å². The fourth-order valence-electron chi connectivity index (χ4n) is 4.11. The van der Waals surface area contributed by atoms with Gasteiger partial charge in [-0.3, -0.25) is 14.9 Å². The minimum Gasteiger partial charge on any atom is -0.383 e. The Labute approximate surface area is 204 Å². The lowest BCUT2D eigenvalue weighted by Gasteiger charge is -2.08. The molecule has 4 N–H and O–H groups in total. The maximum atomic E-state index is 15.1. The largest absolute Gasteiger partial charge is 0.383 e. The zero-order chi connectivity index (χ0) is 24.9. The lowest BCUT2D eigenvalue weighted by molar-refractivity contribution is 0.261. The second-order valence-corrected chi connectivity index (χ2v) is 8.99. The fraction of sp³-hybridized carbons (Fsp3) is 0.160. The predicted molar refractivity (Wildman–Crippen MR) is 132 cm³/mol. The minimum absolute atomic E-state index is 0.00497.